The van der Waals surface area contributed by atoms with Crippen molar-refractivity contribution >= 4 is 17.5 Å². The van der Waals surface area contributed by atoms with Gasteiger partial charge < -0.3 is 20.9 Å². The number of aryl methyl sites for hydroxylation is 1. The molecule has 0 saturated heterocycles. The molecule has 134 valence electrons. The molecule has 4 N–H and O–H groups in total. The quantitative estimate of drug-likeness (QED) is 0.693. The third-order valence-corrected chi connectivity index (χ3v) is 3.80. The van der Waals surface area contributed by atoms with Crippen molar-refractivity contribution in [1.82, 2.24) is 20.1 Å². The molecule has 0 aliphatic carbocycles. The molecule has 1 heterocycles. The van der Waals surface area contributed by atoms with Gasteiger partial charge in [0.25, 0.3) is 0 Å². The second-order valence-electron chi connectivity index (χ2n) is 6.06. The standard InChI is InChI=1S/C17H24N6O2/c1-4-23-10-20-22-16(23)12-6-5-7-13(8-12)21-14(24)9-19-17(25)15(18)11(2)3/h5-8,10-11,15H,4,9,18H2,1-3H3,(H,19,25)(H,21,24)/t15-/m0/s1. The maximum Gasteiger partial charge on any atom is 0.243 e. The first kappa shape index (κ1) is 18.6. The van der Waals surface area contributed by atoms with Gasteiger partial charge >= 0.3 is 0 Å². The number of amides is 2. The van der Waals surface area contributed by atoms with Gasteiger partial charge in [-0.05, 0) is 25.0 Å². The number of nitrogens with two attached hydrogens (primary N) is 1. The Kier molecular flexibility index (Phi) is 6.24. The summed E-state index contributed by atoms with van der Waals surface area (Å²) in [7, 11) is 0. The van der Waals surface area contributed by atoms with Crippen molar-refractivity contribution in [3.8, 4) is 11.4 Å². The van der Waals surface area contributed by atoms with Crippen LogP contribution in [0.4, 0.5) is 5.69 Å². The van der Waals surface area contributed by atoms with Crippen molar-refractivity contribution in [3.05, 3.63) is 30.6 Å². The number of nitrogens with zero attached hydrogens (tertiary/aromatic N) is 3. The molecule has 0 unspecified atom stereocenters. The van der Waals surface area contributed by atoms with E-state index in [1.165, 1.54) is 0 Å². The number of rotatable bonds is 7. The number of carbonyl (C=O) groups excluding carboxylic acids is 2. The first-order valence-corrected chi connectivity index (χ1v) is 8.23. The van der Waals surface area contributed by atoms with Gasteiger partial charge in [0.2, 0.25) is 11.8 Å². The normalized spacial score (nSPS) is 12.0. The Morgan fingerprint density at radius 1 is 1.32 bits per heavy atom. The summed E-state index contributed by atoms with van der Waals surface area (Å²) in [6.07, 6.45) is 1.66. The van der Waals surface area contributed by atoms with Crippen molar-refractivity contribution in [2.24, 2.45) is 11.7 Å². The summed E-state index contributed by atoms with van der Waals surface area (Å²) in [5, 5.41) is 13.3. The van der Waals surface area contributed by atoms with E-state index >= 15 is 0 Å². The highest BCUT2D eigenvalue weighted by molar-refractivity contribution is 5.95. The number of benzene rings is 1. The zero-order valence-electron chi connectivity index (χ0n) is 14.7. The summed E-state index contributed by atoms with van der Waals surface area (Å²) < 4.78 is 1.91. The smallest absolute Gasteiger partial charge is 0.243 e. The molecule has 0 aliphatic rings. The minimum absolute atomic E-state index is 0.00987. The maximum atomic E-state index is 12.0. The molecule has 0 spiro atoms. The van der Waals surface area contributed by atoms with Crippen LogP contribution in [0.15, 0.2) is 30.6 Å². The summed E-state index contributed by atoms with van der Waals surface area (Å²) in [6, 6.07) is 6.68. The summed E-state index contributed by atoms with van der Waals surface area (Å²) in [4.78, 5) is 23.8. The first-order valence-electron chi connectivity index (χ1n) is 8.23. The highest BCUT2D eigenvalue weighted by Gasteiger charge is 2.17. The maximum absolute atomic E-state index is 12.0. The number of aromatic nitrogens is 3. The van der Waals surface area contributed by atoms with Crippen LogP contribution in [-0.4, -0.2) is 39.2 Å². The predicted molar refractivity (Wildman–Crippen MR) is 95.6 cm³/mol. The Morgan fingerprint density at radius 2 is 2.08 bits per heavy atom. The zero-order chi connectivity index (χ0) is 18.4. The lowest BCUT2D eigenvalue weighted by molar-refractivity contribution is -0.125. The third-order valence-electron chi connectivity index (χ3n) is 3.80. The van der Waals surface area contributed by atoms with Crippen molar-refractivity contribution in [2.45, 2.75) is 33.4 Å². The van der Waals surface area contributed by atoms with Crippen molar-refractivity contribution in [1.29, 1.82) is 0 Å². The molecule has 8 nitrogen and oxygen atoms in total. The van der Waals surface area contributed by atoms with Gasteiger partial charge in [-0.2, -0.15) is 0 Å². The molecule has 2 aromatic rings. The predicted octanol–water partition coefficient (Wildman–Crippen LogP) is 1.00. The summed E-state index contributed by atoms with van der Waals surface area (Å²) in [5.74, 6) is 0.0823. The molecular formula is C17H24N6O2. The molecule has 0 radical (unpaired) electrons. The van der Waals surface area contributed by atoms with Gasteiger partial charge in [-0.25, -0.2) is 0 Å². The Labute approximate surface area is 146 Å². The second-order valence-corrected chi connectivity index (χ2v) is 6.06. The lowest BCUT2D eigenvalue weighted by atomic mass is 10.1. The van der Waals surface area contributed by atoms with E-state index in [4.69, 9.17) is 5.73 Å². The summed E-state index contributed by atoms with van der Waals surface area (Å²) in [5.41, 5.74) is 7.21. The van der Waals surface area contributed by atoms with Gasteiger partial charge in [0.15, 0.2) is 5.82 Å². The Balaban J connectivity index is 1.98. The topological polar surface area (TPSA) is 115 Å². The molecule has 2 amide bonds. The molecule has 2 rings (SSSR count). The largest absolute Gasteiger partial charge is 0.346 e. The van der Waals surface area contributed by atoms with Crippen LogP contribution in [0.3, 0.4) is 0 Å². The van der Waals surface area contributed by atoms with Crippen LogP contribution < -0.4 is 16.4 Å². The van der Waals surface area contributed by atoms with E-state index in [1.807, 2.05) is 43.5 Å². The van der Waals surface area contributed by atoms with Crippen LogP contribution >= 0.6 is 0 Å². The average Bonchev–Trinajstić information content (AvgIpc) is 3.07. The number of hydrogen-bond acceptors (Lipinski definition) is 5. The molecule has 8 heteroatoms. The lowest BCUT2D eigenvalue weighted by Gasteiger charge is -2.15. The molecule has 1 atom stereocenters. The van der Waals surface area contributed by atoms with E-state index in [0.717, 1.165) is 17.9 Å². The summed E-state index contributed by atoms with van der Waals surface area (Å²) in [6.45, 7) is 6.33. The highest BCUT2D eigenvalue weighted by atomic mass is 16.2. The monoisotopic (exact) mass is 344 g/mol. The van der Waals surface area contributed by atoms with Gasteiger partial charge in [-0.3, -0.25) is 9.59 Å². The number of nitrogens with one attached hydrogen (secondary N) is 2. The van der Waals surface area contributed by atoms with Crippen molar-refractivity contribution < 1.29 is 9.59 Å². The minimum Gasteiger partial charge on any atom is -0.346 e. The molecular weight excluding hydrogens is 320 g/mol. The summed E-state index contributed by atoms with van der Waals surface area (Å²) >= 11 is 0. The van der Waals surface area contributed by atoms with E-state index in [9.17, 15) is 9.59 Å². The third kappa shape index (κ3) is 4.87. The van der Waals surface area contributed by atoms with Crippen LogP contribution in [0.1, 0.15) is 20.8 Å². The molecule has 25 heavy (non-hydrogen) atoms. The fourth-order valence-electron chi connectivity index (χ4n) is 2.24. The van der Waals surface area contributed by atoms with E-state index < -0.39 is 6.04 Å². The Hall–Kier alpha value is -2.74. The van der Waals surface area contributed by atoms with E-state index in [2.05, 4.69) is 20.8 Å². The van der Waals surface area contributed by atoms with E-state index in [1.54, 1.807) is 12.4 Å². The average molecular weight is 344 g/mol. The fraction of sp³-hybridized carbons (Fsp3) is 0.412. The van der Waals surface area contributed by atoms with Gasteiger partial charge in [0.1, 0.15) is 6.33 Å². The van der Waals surface area contributed by atoms with E-state index in [0.29, 0.717) is 5.69 Å². The first-order chi connectivity index (χ1) is 11.9. The fourth-order valence-corrected chi connectivity index (χ4v) is 2.24. The van der Waals surface area contributed by atoms with E-state index in [-0.39, 0.29) is 24.3 Å². The minimum atomic E-state index is -0.628. The van der Waals surface area contributed by atoms with Crippen LogP contribution in [0.25, 0.3) is 11.4 Å². The molecule has 0 bridgehead atoms. The lowest BCUT2D eigenvalue weighted by Crippen LogP contribution is -2.46. The highest BCUT2D eigenvalue weighted by Crippen LogP contribution is 2.20. The Bertz CT molecular complexity index is 740. The van der Waals surface area contributed by atoms with Gasteiger partial charge in [-0.1, -0.05) is 26.0 Å². The number of anilines is 1. The van der Waals surface area contributed by atoms with Gasteiger partial charge in [0.05, 0.1) is 12.6 Å². The van der Waals surface area contributed by atoms with Crippen molar-refractivity contribution in [3.63, 3.8) is 0 Å². The Morgan fingerprint density at radius 3 is 2.76 bits per heavy atom. The van der Waals surface area contributed by atoms with Crippen molar-refractivity contribution in [2.75, 3.05) is 11.9 Å². The SMILES string of the molecule is CCn1cnnc1-c1cccc(NC(=O)CNC(=O)[C@@H](N)C(C)C)c1. The molecule has 0 fully saturated rings. The number of carbonyl (C=O) groups is 2. The van der Waals surface area contributed by atoms with Gasteiger partial charge in [0, 0.05) is 17.8 Å². The van der Waals surface area contributed by atoms with Crippen LogP contribution in [0.2, 0.25) is 0 Å². The van der Waals surface area contributed by atoms with Gasteiger partial charge in [-0.15, -0.1) is 10.2 Å². The molecule has 1 aromatic carbocycles. The second kappa shape index (κ2) is 8.39. The number of hydrogen-bond donors (Lipinski definition) is 3. The molecule has 0 aliphatic heterocycles. The molecule has 1 aromatic heterocycles. The van der Waals surface area contributed by atoms with Crippen LogP contribution in [-0.2, 0) is 16.1 Å². The molecule has 0 saturated carbocycles. The zero-order valence-corrected chi connectivity index (χ0v) is 14.7. The van der Waals surface area contributed by atoms with Crippen LogP contribution in [0, 0.1) is 5.92 Å². The van der Waals surface area contributed by atoms with Crippen LogP contribution in [0.5, 0.6) is 0 Å².